The molecule has 1 N–H and O–H groups in total. The Kier molecular flexibility index (Phi) is 5.64. The van der Waals surface area contributed by atoms with E-state index in [1.54, 1.807) is 6.92 Å². The molecule has 0 aliphatic heterocycles. The number of hydrogen-bond acceptors (Lipinski definition) is 2. The summed E-state index contributed by atoms with van der Waals surface area (Å²) in [5.41, 5.74) is 0. The van der Waals surface area contributed by atoms with E-state index in [2.05, 4.69) is 39.1 Å². The Balaban J connectivity index is 2.04. The second-order valence-electron chi connectivity index (χ2n) is 6.79. The highest BCUT2D eigenvalue weighted by Gasteiger charge is 2.23. The van der Waals surface area contributed by atoms with Crippen molar-refractivity contribution in [1.29, 1.82) is 0 Å². The van der Waals surface area contributed by atoms with Crippen LogP contribution in [0, 0.1) is 11.8 Å². The molecule has 0 spiro atoms. The lowest BCUT2D eigenvalue weighted by Crippen LogP contribution is -2.47. The summed E-state index contributed by atoms with van der Waals surface area (Å²) in [6.45, 7) is 10.3. The van der Waals surface area contributed by atoms with Crippen molar-refractivity contribution in [3.63, 3.8) is 0 Å². The molecule has 0 bridgehead atoms. The van der Waals surface area contributed by atoms with Gasteiger partial charge in [-0.05, 0) is 41.7 Å². The lowest BCUT2D eigenvalue weighted by Gasteiger charge is -2.27. The molecule has 2 rings (SSSR count). The Bertz CT molecular complexity index is 655. The molecule has 0 fully saturated rings. The van der Waals surface area contributed by atoms with Crippen molar-refractivity contribution in [2.45, 2.75) is 46.8 Å². The van der Waals surface area contributed by atoms with E-state index >= 15 is 0 Å². The van der Waals surface area contributed by atoms with Crippen molar-refractivity contribution in [3.8, 4) is 5.75 Å². The molecule has 3 heteroatoms. The van der Waals surface area contributed by atoms with Crippen LogP contribution < -0.4 is 10.1 Å². The Hall–Kier alpha value is -2.03. The molecule has 2 aromatic rings. The van der Waals surface area contributed by atoms with Crippen molar-refractivity contribution >= 4 is 16.7 Å². The van der Waals surface area contributed by atoms with Crippen molar-refractivity contribution in [2.75, 3.05) is 0 Å². The summed E-state index contributed by atoms with van der Waals surface area (Å²) in [6, 6.07) is 14.2. The molecule has 0 saturated carbocycles. The fraction of sp³-hybridized carbons (Fsp3) is 0.450. The van der Waals surface area contributed by atoms with Crippen LogP contribution in [0.25, 0.3) is 10.8 Å². The monoisotopic (exact) mass is 313 g/mol. The summed E-state index contributed by atoms with van der Waals surface area (Å²) in [7, 11) is 0. The highest BCUT2D eigenvalue weighted by atomic mass is 16.5. The van der Waals surface area contributed by atoms with Crippen molar-refractivity contribution in [3.05, 3.63) is 42.5 Å². The number of ether oxygens (including phenoxy) is 1. The molecule has 0 unspecified atom stereocenters. The Morgan fingerprint density at radius 2 is 1.52 bits per heavy atom. The SMILES string of the molecule is CC(C)C(NC(=O)[C@@H](C)Oc1ccc2ccccc2c1)C(C)C. The molecule has 0 radical (unpaired) electrons. The number of carbonyl (C=O) groups is 1. The molecule has 2 aromatic carbocycles. The molecule has 1 amide bonds. The minimum atomic E-state index is -0.517. The smallest absolute Gasteiger partial charge is 0.261 e. The zero-order valence-corrected chi connectivity index (χ0v) is 14.7. The topological polar surface area (TPSA) is 38.3 Å². The first-order valence-corrected chi connectivity index (χ1v) is 8.34. The molecule has 3 nitrogen and oxygen atoms in total. The maximum atomic E-state index is 12.4. The Morgan fingerprint density at radius 1 is 0.913 bits per heavy atom. The second kappa shape index (κ2) is 7.49. The number of amides is 1. The lowest BCUT2D eigenvalue weighted by molar-refractivity contribution is -0.128. The molecule has 0 heterocycles. The second-order valence-corrected chi connectivity index (χ2v) is 6.79. The van der Waals surface area contributed by atoms with Crippen LogP contribution in [0.2, 0.25) is 0 Å². The molecular formula is C20H27NO2. The first-order chi connectivity index (χ1) is 10.9. The van der Waals surface area contributed by atoms with Crippen LogP contribution in [0.1, 0.15) is 34.6 Å². The van der Waals surface area contributed by atoms with Gasteiger partial charge in [-0.15, -0.1) is 0 Å². The van der Waals surface area contributed by atoms with Gasteiger partial charge in [0.15, 0.2) is 6.10 Å². The van der Waals surface area contributed by atoms with Crippen LogP contribution in [0.15, 0.2) is 42.5 Å². The van der Waals surface area contributed by atoms with Gasteiger partial charge in [0.25, 0.3) is 5.91 Å². The van der Waals surface area contributed by atoms with Crippen LogP contribution in [0.5, 0.6) is 5.75 Å². The van der Waals surface area contributed by atoms with Crippen LogP contribution in [0.3, 0.4) is 0 Å². The van der Waals surface area contributed by atoms with Gasteiger partial charge >= 0.3 is 0 Å². The van der Waals surface area contributed by atoms with E-state index in [9.17, 15) is 4.79 Å². The van der Waals surface area contributed by atoms with E-state index in [0.717, 1.165) is 16.5 Å². The van der Waals surface area contributed by atoms with E-state index in [0.29, 0.717) is 11.8 Å². The summed E-state index contributed by atoms with van der Waals surface area (Å²) in [6.07, 6.45) is -0.517. The van der Waals surface area contributed by atoms with Gasteiger partial charge in [-0.25, -0.2) is 0 Å². The van der Waals surface area contributed by atoms with Gasteiger partial charge in [0.05, 0.1) is 0 Å². The summed E-state index contributed by atoms with van der Waals surface area (Å²) in [4.78, 5) is 12.4. The highest BCUT2D eigenvalue weighted by molar-refractivity contribution is 5.84. The van der Waals surface area contributed by atoms with Crippen molar-refractivity contribution in [1.82, 2.24) is 5.32 Å². The van der Waals surface area contributed by atoms with Gasteiger partial charge in [-0.3, -0.25) is 4.79 Å². The highest BCUT2D eigenvalue weighted by Crippen LogP contribution is 2.21. The van der Waals surface area contributed by atoms with Gasteiger partial charge in [-0.1, -0.05) is 58.0 Å². The molecule has 0 aliphatic carbocycles. The van der Waals surface area contributed by atoms with Gasteiger partial charge in [0.2, 0.25) is 0 Å². The normalized spacial score (nSPS) is 12.9. The molecule has 0 aromatic heterocycles. The third-order valence-corrected chi connectivity index (χ3v) is 4.15. The first-order valence-electron chi connectivity index (χ1n) is 8.34. The Labute approximate surface area is 139 Å². The first kappa shape index (κ1) is 17.3. The van der Waals surface area contributed by atoms with Crippen LogP contribution in [-0.4, -0.2) is 18.1 Å². The lowest BCUT2D eigenvalue weighted by atomic mass is 9.93. The van der Waals surface area contributed by atoms with Gasteiger partial charge in [0, 0.05) is 6.04 Å². The molecule has 1 atom stereocenters. The largest absolute Gasteiger partial charge is 0.481 e. The fourth-order valence-electron chi connectivity index (χ4n) is 2.88. The predicted molar refractivity (Wildman–Crippen MR) is 95.6 cm³/mol. The fourth-order valence-corrected chi connectivity index (χ4v) is 2.88. The average Bonchev–Trinajstić information content (AvgIpc) is 2.51. The van der Waals surface area contributed by atoms with Crippen molar-refractivity contribution in [2.24, 2.45) is 11.8 Å². The summed E-state index contributed by atoms with van der Waals surface area (Å²) >= 11 is 0. The summed E-state index contributed by atoms with van der Waals surface area (Å²) < 4.78 is 5.83. The van der Waals surface area contributed by atoms with E-state index in [4.69, 9.17) is 4.74 Å². The summed E-state index contributed by atoms with van der Waals surface area (Å²) in [5.74, 6) is 1.45. The number of rotatable bonds is 6. The number of benzene rings is 2. The van der Waals surface area contributed by atoms with Crippen molar-refractivity contribution < 1.29 is 9.53 Å². The minimum absolute atomic E-state index is 0.0643. The standard InChI is InChI=1S/C20H27NO2/c1-13(2)19(14(3)4)21-20(22)15(5)23-18-11-10-16-8-6-7-9-17(16)12-18/h6-15,19H,1-5H3,(H,21,22)/t15-/m1/s1. The van der Waals surface area contributed by atoms with E-state index < -0.39 is 6.10 Å². The predicted octanol–water partition coefficient (Wildman–Crippen LogP) is 4.40. The van der Waals surface area contributed by atoms with Gasteiger partial charge < -0.3 is 10.1 Å². The number of fused-ring (bicyclic) bond motifs is 1. The molecule has 0 aliphatic rings. The number of hydrogen-bond donors (Lipinski definition) is 1. The maximum absolute atomic E-state index is 12.4. The number of nitrogens with one attached hydrogen (secondary N) is 1. The zero-order chi connectivity index (χ0) is 17.0. The third kappa shape index (κ3) is 4.47. The quantitative estimate of drug-likeness (QED) is 0.858. The molecule has 0 saturated heterocycles. The number of carbonyl (C=O) groups excluding carboxylic acids is 1. The van der Waals surface area contributed by atoms with Crippen LogP contribution in [-0.2, 0) is 4.79 Å². The van der Waals surface area contributed by atoms with Gasteiger partial charge in [-0.2, -0.15) is 0 Å². The Morgan fingerprint density at radius 3 is 2.13 bits per heavy atom. The molecule has 23 heavy (non-hydrogen) atoms. The van der Waals surface area contributed by atoms with E-state index in [1.807, 2.05) is 36.4 Å². The minimum Gasteiger partial charge on any atom is -0.481 e. The summed E-state index contributed by atoms with van der Waals surface area (Å²) in [5, 5.41) is 5.38. The zero-order valence-electron chi connectivity index (χ0n) is 14.7. The van der Waals surface area contributed by atoms with Crippen LogP contribution >= 0.6 is 0 Å². The van der Waals surface area contributed by atoms with Crippen LogP contribution in [0.4, 0.5) is 0 Å². The molecular weight excluding hydrogens is 286 g/mol. The van der Waals surface area contributed by atoms with E-state index in [1.165, 1.54) is 0 Å². The van der Waals surface area contributed by atoms with E-state index in [-0.39, 0.29) is 11.9 Å². The molecule has 124 valence electrons. The maximum Gasteiger partial charge on any atom is 0.261 e. The van der Waals surface area contributed by atoms with Gasteiger partial charge in [0.1, 0.15) is 5.75 Å². The average molecular weight is 313 g/mol. The third-order valence-electron chi connectivity index (χ3n) is 4.15.